The predicted molar refractivity (Wildman–Crippen MR) is 144 cm³/mol. The van der Waals surface area contributed by atoms with Gasteiger partial charge in [-0.1, -0.05) is 6.07 Å². The highest BCUT2D eigenvalue weighted by molar-refractivity contribution is 5.87. The molecular weight excluding hydrogens is 489 g/mol. The number of hydrogen-bond acceptors (Lipinski definition) is 9. The minimum atomic E-state index is -1.15. The van der Waals surface area contributed by atoms with Crippen LogP contribution in [0.3, 0.4) is 0 Å². The molecule has 204 valence electrons. The maximum atomic E-state index is 14.5. The van der Waals surface area contributed by atoms with Gasteiger partial charge in [-0.3, -0.25) is 4.98 Å². The highest BCUT2D eigenvalue weighted by Gasteiger charge is 2.22. The number of carboxylic acids is 1. The molecule has 11 heteroatoms. The SMILES string of the molecule is COC[C@@H](F)CN(CCCCc1ccc2c(n1)NCCC2)CC[C@H](Nc1ncnc2cccnc12)C(=O)O. The number of anilines is 2. The fourth-order valence-corrected chi connectivity index (χ4v) is 4.69. The highest BCUT2D eigenvalue weighted by Crippen LogP contribution is 2.21. The molecule has 4 heterocycles. The number of alkyl halides is 1. The number of nitrogens with one attached hydrogen (secondary N) is 2. The Hall–Kier alpha value is -3.44. The Morgan fingerprint density at radius 3 is 2.97 bits per heavy atom. The molecule has 0 unspecified atom stereocenters. The number of aliphatic carboxylic acids is 1. The van der Waals surface area contributed by atoms with Gasteiger partial charge in [-0.05, 0) is 68.8 Å². The average molecular weight is 526 g/mol. The molecule has 10 nitrogen and oxygen atoms in total. The number of fused-ring (bicyclic) bond motifs is 2. The van der Waals surface area contributed by atoms with Crippen molar-refractivity contribution in [3.8, 4) is 0 Å². The average Bonchev–Trinajstić information content (AvgIpc) is 2.93. The number of rotatable bonds is 15. The zero-order valence-corrected chi connectivity index (χ0v) is 21.8. The molecule has 0 bridgehead atoms. The van der Waals surface area contributed by atoms with E-state index >= 15 is 0 Å². The standard InChI is InChI=1S/C27H36FN7O3/c1-38-17-20(28)16-35(14-3-2-7-21-10-9-19-6-4-13-30-25(19)33-21)15-11-23(27(36)37)34-26-24-22(31-18-32-26)8-5-12-29-24/h5,8-10,12,18,20,23H,2-4,6-7,11,13-17H2,1H3,(H,30,33)(H,36,37)(H,31,32,34)/t20-,23-/m0/s1. The summed E-state index contributed by atoms with van der Waals surface area (Å²) in [6, 6.07) is 6.89. The molecule has 1 aliphatic rings. The summed E-state index contributed by atoms with van der Waals surface area (Å²) >= 11 is 0. The molecule has 3 aromatic rings. The number of unbranched alkanes of at least 4 members (excludes halogenated alkanes) is 1. The molecule has 0 saturated carbocycles. The highest BCUT2D eigenvalue weighted by atomic mass is 19.1. The monoisotopic (exact) mass is 525 g/mol. The van der Waals surface area contributed by atoms with Crippen molar-refractivity contribution in [1.82, 2.24) is 24.8 Å². The van der Waals surface area contributed by atoms with Crippen LogP contribution in [-0.2, 0) is 22.4 Å². The first-order valence-corrected chi connectivity index (χ1v) is 13.2. The van der Waals surface area contributed by atoms with Crippen LogP contribution in [0.5, 0.6) is 0 Å². The molecule has 1 aliphatic heterocycles. The lowest BCUT2D eigenvalue weighted by molar-refractivity contribution is -0.138. The van der Waals surface area contributed by atoms with Gasteiger partial charge < -0.3 is 25.4 Å². The van der Waals surface area contributed by atoms with Crippen molar-refractivity contribution in [1.29, 1.82) is 0 Å². The van der Waals surface area contributed by atoms with Crippen LogP contribution in [0.4, 0.5) is 16.0 Å². The van der Waals surface area contributed by atoms with Gasteiger partial charge in [0.1, 0.15) is 29.9 Å². The molecule has 0 aromatic carbocycles. The minimum absolute atomic E-state index is 0.00173. The van der Waals surface area contributed by atoms with Crippen LogP contribution in [0.1, 0.15) is 36.9 Å². The third kappa shape index (κ3) is 7.78. The molecule has 0 spiro atoms. The predicted octanol–water partition coefficient (Wildman–Crippen LogP) is 3.34. The van der Waals surface area contributed by atoms with E-state index in [1.54, 1.807) is 18.3 Å². The number of carbonyl (C=O) groups is 1. The Kier molecular flexibility index (Phi) is 10.1. The summed E-state index contributed by atoms with van der Waals surface area (Å²) < 4.78 is 19.4. The van der Waals surface area contributed by atoms with Crippen LogP contribution < -0.4 is 10.6 Å². The van der Waals surface area contributed by atoms with E-state index in [1.165, 1.54) is 19.0 Å². The van der Waals surface area contributed by atoms with Gasteiger partial charge in [-0.2, -0.15) is 0 Å². The topological polar surface area (TPSA) is 125 Å². The Balaban J connectivity index is 1.33. The van der Waals surface area contributed by atoms with E-state index in [-0.39, 0.29) is 19.6 Å². The van der Waals surface area contributed by atoms with Gasteiger partial charge in [-0.15, -0.1) is 0 Å². The van der Waals surface area contributed by atoms with E-state index in [4.69, 9.17) is 9.72 Å². The number of methoxy groups -OCH3 is 1. The van der Waals surface area contributed by atoms with Gasteiger partial charge >= 0.3 is 5.97 Å². The number of aryl methyl sites for hydroxylation is 2. The zero-order chi connectivity index (χ0) is 26.7. The lowest BCUT2D eigenvalue weighted by Gasteiger charge is -2.26. The first-order valence-electron chi connectivity index (χ1n) is 13.2. The molecule has 38 heavy (non-hydrogen) atoms. The fraction of sp³-hybridized carbons (Fsp3) is 0.519. The zero-order valence-electron chi connectivity index (χ0n) is 21.8. The molecule has 0 aliphatic carbocycles. The Morgan fingerprint density at radius 1 is 1.24 bits per heavy atom. The number of halogens is 1. The van der Waals surface area contributed by atoms with Gasteiger partial charge in [0.05, 0.1) is 12.1 Å². The molecule has 3 aromatic heterocycles. The maximum absolute atomic E-state index is 14.5. The van der Waals surface area contributed by atoms with Crippen LogP contribution in [0.25, 0.3) is 11.0 Å². The summed E-state index contributed by atoms with van der Waals surface area (Å²) in [5.41, 5.74) is 3.45. The van der Waals surface area contributed by atoms with Gasteiger partial charge in [0.2, 0.25) is 0 Å². The van der Waals surface area contributed by atoms with Crippen molar-refractivity contribution in [2.45, 2.75) is 50.7 Å². The van der Waals surface area contributed by atoms with Crippen molar-refractivity contribution in [2.75, 3.05) is 50.5 Å². The molecular formula is C27H36FN7O3. The molecule has 0 radical (unpaired) electrons. The van der Waals surface area contributed by atoms with E-state index in [1.807, 2.05) is 4.90 Å². The van der Waals surface area contributed by atoms with Crippen LogP contribution in [0, 0.1) is 0 Å². The van der Waals surface area contributed by atoms with Gasteiger partial charge in [-0.25, -0.2) is 24.1 Å². The number of hydrogen-bond donors (Lipinski definition) is 3. The summed E-state index contributed by atoms with van der Waals surface area (Å²) in [4.78, 5) is 31.4. The van der Waals surface area contributed by atoms with E-state index in [0.29, 0.717) is 29.9 Å². The normalized spacial score (nSPS) is 14.6. The smallest absolute Gasteiger partial charge is 0.326 e. The van der Waals surface area contributed by atoms with Crippen molar-refractivity contribution in [3.63, 3.8) is 0 Å². The Bertz CT molecular complexity index is 1190. The number of ether oxygens (including phenoxy) is 1. The third-order valence-electron chi connectivity index (χ3n) is 6.65. The van der Waals surface area contributed by atoms with E-state index < -0.39 is 18.2 Å². The van der Waals surface area contributed by atoms with Crippen LogP contribution in [-0.4, -0.2) is 88.0 Å². The number of pyridine rings is 2. The van der Waals surface area contributed by atoms with Gasteiger partial charge in [0.25, 0.3) is 0 Å². The van der Waals surface area contributed by atoms with Crippen molar-refractivity contribution < 1.29 is 19.0 Å². The van der Waals surface area contributed by atoms with E-state index in [2.05, 4.69) is 37.7 Å². The molecule has 0 saturated heterocycles. The largest absolute Gasteiger partial charge is 0.480 e. The second kappa shape index (κ2) is 13.9. The molecule has 0 fully saturated rings. The Morgan fingerprint density at radius 2 is 2.13 bits per heavy atom. The maximum Gasteiger partial charge on any atom is 0.326 e. The lowest BCUT2D eigenvalue weighted by atomic mass is 10.1. The molecule has 0 amide bonds. The first kappa shape index (κ1) is 27.6. The van der Waals surface area contributed by atoms with Crippen LogP contribution >= 0.6 is 0 Å². The van der Waals surface area contributed by atoms with Crippen molar-refractivity contribution in [3.05, 3.63) is 48.0 Å². The molecule has 3 N–H and O–H groups in total. The second-order valence-electron chi connectivity index (χ2n) is 9.57. The summed E-state index contributed by atoms with van der Waals surface area (Å²) in [6.07, 6.45) is 6.89. The van der Waals surface area contributed by atoms with Gasteiger partial charge in [0, 0.05) is 38.6 Å². The van der Waals surface area contributed by atoms with E-state index in [0.717, 1.165) is 50.2 Å². The second-order valence-corrected chi connectivity index (χ2v) is 9.57. The first-order chi connectivity index (χ1) is 18.5. The summed E-state index contributed by atoms with van der Waals surface area (Å²) in [7, 11) is 1.47. The molecule has 2 atom stereocenters. The van der Waals surface area contributed by atoms with Crippen molar-refractivity contribution in [2.24, 2.45) is 0 Å². The van der Waals surface area contributed by atoms with E-state index in [9.17, 15) is 14.3 Å². The number of nitrogens with zero attached hydrogens (tertiary/aromatic N) is 5. The van der Waals surface area contributed by atoms with Crippen molar-refractivity contribution >= 4 is 28.6 Å². The van der Waals surface area contributed by atoms with Crippen LogP contribution in [0.15, 0.2) is 36.8 Å². The molecule has 4 rings (SSSR count). The van der Waals surface area contributed by atoms with Crippen LogP contribution in [0.2, 0.25) is 0 Å². The third-order valence-corrected chi connectivity index (χ3v) is 6.65. The Labute approximate surface area is 222 Å². The fourth-order valence-electron chi connectivity index (χ4n) is 4.69. The number of carboxylic acid groups (broad SMARTS) is 1. The van der Waals surface area contributed by atoms with Gasteiger partial charge in [0.15, 0.2) is 5.82 Å². The summed E-state index contributed by atoms with van der Waals surface area (Å²) in [5, 5.41) is 16.2. The lowest BCUT2D eigenvalue weighted by Crippen LogP contribution is -2.38. The number of aromatic nitrogens is 4. The summed E-state index contributed by atoms with van der Waals surface area (Å²) in [6.45, 7) is 2.20. The minimum Gasteiger partial charge on any atom is -0.480 e. The quantitative estimate of drug-likeness (QED) is 0.254. The summed E-state index contributed by atoms with van der Waals surface area (Å²) in [5.74, 6) is 0.354.